The number of nitrogens with zero attached hydrogens (tertiary/aromatic N) is 4. The molecule has 0 aliphatic carbocycles. The van der Waals surface area contributed by atoms with Gasteiger partial charge in [-0.1, -0.05) is 11.6 Å². The first-order valence-corrected chi connectivity index (χ1v) is 9.86. The first kappa shape index (κ1) is 18.7. The van der Waals surface area contributed by atoms with E-state index >= 15 is 0 Å². The number of benzene rings is 1. The number of nitrogens with one attached hydrogen (secondary N) is 1. The molecule has 8 heteroatoms. The molecule has 3 heterocycles. The van der Waals surface area contributed by atoms with Gasteiger partial charge in [-0.3, -0.25) is 9.59 Å². The molecule has 0 spiro atoms. The fourth-order valence-electron chi connectivity index (χ4n) is 3.80. The Morgan fingerprint density at radius 2 is 1.89 bits per heavy atom. The summed E-state index contributed by atoms with van der Waals surface area (Å²) >= 11 is 5.92. The van der Waals surface area contributed by atoms with Crippen molar-refractivity contribution >= 4 is 35.1 Å². The molecule has 1 aromatic heterocycles. The van der Waals surface area contributed by atoms with Crippen molar-refractivity contribution in [1.82, 2.24) is 15.3 Å². The highest BCUT2D eigenvalue weighted by Crippen LogP contribution is 2.27. The van der Waals surface area contributed by atoms with Crippen LogP contribution >= 0.6 is 11.6 Å². The van der Waals surface area contributed by atoms with Crippen LogP contribution in [-0.4, -0.2) is 47.5 Å². The predicted molar refractivity (Wildman–Crippen MR) is 107 cm³/mol. The SMILES string of the molecule is O=C(N[C@H]1CCCN(c2ncccn2)C1)[C@@H]1CC(=O)N(c2ccc(Cl)cc2)C1. The van der Waals surface area contributed by atoms with Crippen LogP contribution in [0.5, 0.6) is 0 Å². The Balaban J connectivity index is 1.36. The van der Waals surface area contributed by atoms with Gasteiger partial charge >= 0.3 is 0 Å². The van der Waals surface area contributed by atoms with Gasteiger partial charge in [0.25, 0.3) is 0 Å². The van der Waals surface area contributed by atoms with Gasteiger partial charge in [-0.05, 0) is 43.2 Å². The van der Waals surface area contributed by atoms with Crippen LogP contribution in [0.15, 0.2) is 42.7 Å². The molecule has 1 N–H and O–H groups in total. The van der Waals surface area contributed by atoms with Gasteiger partial charge in [0.2, 0.25) is 17.8 Å². The summed E-state index contributed by atoms with van der Waals surface area (Å²) < 4.78 is 0. The fraction of sp³-hybridized carbons (Fsp3) is 0.400. The summed E-state index contributed by atoms with van der Waals surface area (Å²) in [6.07, 6.45) is 5.55. The number of piperidine rings is 1. The van der Waals surface area contributed by atoms with E-state index in [0.29, 0.717) is 24.1 Å². The monoisotopic (exact) mass is 399 g/mol. The lowest BCUT2D eigenvalue weighted by atomic mass is 10.0. The first-order chi connectivity index (χ1) is 13.6. The topological polar surface area (TPSA) is 78.4 Å². The third kappa shape index (κ3) is 4.09. The number of hydrogen-bond acceptors (Lipinski definition) is 5. The average molecular weight is 400 g/mol. The van der Waals surface area contributed by atoms with Gasteiger partial charge in [0.05, 0.1) is 5.92 Å². The lowest BCUT2D eigenvalue weighted by Crippen LogP contribution is -2.50. The lowest BCUT2D eigenvalue weighted by molar-refractivity contribution is -0.127. The van der Waals surface area contributed by atoms with E-state index in [1.54, 1.807) is 47.6 Å². The third-order valence-electron chi connectivity index (χ3n) is 5.24. The van der Waals surface area contributed by atoms with Crippen LogP contribution < -0.4 is 15.1 Å². The van der Waals surface area contributed by atoms with Crippen molar-refractivity contribution in [3.05, 3.63) is 47.7 Å². The number of rotatable bonds is 4. The summed E-state index contributed by atoms with van der Waals surface area (Å²) in [5.41, 5.74) is 0.773. The Labute approximate surface area is 168 Å². The average Bonchev–Trinajstić information content (AvgIpc) is 3.11. The van der Waals surface area contributed by atoms with Crippen molar-refractivity contribution in [3.63, 3.8) is 0 Å². The van der Waals surface area contributed by atoms with Gasteiger partial charge in [-0.2, -0.15) is 0 Å². The van der Waals surface area contributed by atoms with E-state index in [1.165, 1.54) is 0 Å². The zero-order valence-corrected chi connectivity index (χ0v) is 16.2. The van der Waals surface area contributed by atoms with Gasteiger partial charge in [0.1, 0.15) is 0 Å². The molecule has 2 aliphatic rings. The highest BCUT2D eigenvalue weighted by molar-refractivity contribution is 6.30. The molecular formula is C20H22ClN5O2. The molecule has 2 aliphatic heterocycles. The zero-order valence-electron chi connectivity index (χ0n) is 15.4. The molecule has 4 rings (SSSR count). The maximum atomic E-state index is 12.8. The Morgan fingerprint density at radius 3 is 2.64 bits per heavy atom. The molecule has 2 fully saturated rings. The van der Waals surface area contributed by atoms with Gasteiger partial charge in [-0.25, -0.2) is 9.97 Å². The minimum atomic E-state index is -0.341. The number of amides is 2. The van der Waals surface area contributed by atoms with E-state index in [-0.39, 0.29) is 30.2 Å². The molecule has 2 saturated heterocycles. The molecule has 146 valence electrons. The molecule has 2 aromatic rings. The summed E-state index contributed by atoms with van der Waals surface area (Å²) in [6.45, 7) is 1.95. The molecule has 28 heavy (non-hydrogen) atoms. The Morgan fingerprint density at radius 1 is 1.14 bits per heavy atom. The summed E-state index contributed by atoms with van der Waals surface area (Å²) in [4.78, 5) is 37.5. The second-order valence-electron chi connectivity index (χ2n) is 7.22. The fourth-order valence-corrected chi connectivity index (χ4v) is 3.93. The zero-order chi connectivity index (χ0) is 19.5. The van der Waals surface area contributed by atoms with Crippen molar-refractivity contribution in [2.75, 3.05) is 29.4 Å². The number of halogens is 1. The van der Waals surface area contributed by atoms with Crippen LogP contribution in [0, 0.1) is 5.92 Å². The van der Waals surface area contributed by atoms with E-state index in [1.807, 2.05) is 0 Å². The van der Waals surface area contributed by atoms with Crippen LogP contribution in [-0.2, 0) is 9.59 Å². The molecule has 2 atom stereocenters. The summed E-state index contributed by atoms with van der Waals surface area (Å²) in [5.74, 6) is 0.244. The summed E-state index contributed by atoms with van der Waals surface area (Å²) in [6, 6.07) is 8.93. The number of hydrogen-bond donors (Lipinski definition) is 1. The maximum Gasteiger partial charge on any atom is 0.227 e. The lowest BCUT2D eigenvalue weighted by Gasteiger charge is -2.33. The molecule has 2 amide bonds. The van der Waals surface area contributed by atoms with E-state index in [0.717, 1.165) is 25.1 Å². The smallest absolute Gasteiger partial charge is 0.227 e. The van der Waals surface area contributed by atoms with Crippen LogP contribution in [0.1, 0.15) is 19.3 Å². The molecular weight excluding hydrogens is 378 g/mol. The van der Waals surface area contributed by atoms with E-state index in [2.05, 4.69) is 20.2 Å². The number of carbonyl (C=O) groups is 2. The van der Waals surface area contributed by atoms with Crippen LogP contribution in [0.2, 0.25) is 5.02 Å². The maximum absolute atomic E-state index is 12.8. The molecule has 7 nitrogen and oxygen atoms in total. The quantitative estimate of drug-likeness (QED) is 0.853. The minimum Gasteiger partial charge on any atom is -0.351 e. The molecule has 0 radical (unpaired) electrons. The molecule has 0 saturated carbocycles. The molecule has 0 bridgehead atoms. The van der Waals surface area contributed by atoms with E-state index < -0.39 is 0 Å². The standard InChI is InChI=1S/C20H22ClN5O2/c21-15-4-6-17(7-5-15)26-12-14(11-18(26)27)19(28)24-16-3-1-10-25(13-16)20-22-8-2-9-23-20/h2,4-9,14,16H,1,3,10-13H2,(H,24,28)/t14-,16+/m1/s1. The predicted octanol–water partition coefficient (Wildman–Crippen LogP) is 2.27. The third-order valence-corrected chi connectivity index (χ3v) is 5.49. The van der Waals surface area contributed by atoms with Gasteiger partial charge in [0.15, 0.2) is 0 Å². The van der Waals surface area contributed by atoms with Crippen molar-refractivity contribution < 1.29 is 9.59 Å². The van der Waals surface area contributed by atoms with Gasteiger partial charge in [0, 0.05) is 55.2 Å². The first-order valence-electron chi connectivity index (χ1n) is 9.48. The highest BCUT2D eigenvalue weighted by Gasteiger charge is 2.36. The van der Waals surface area contributed by atoms with Crippen LogP contribution in [0.4, 0.5) is 11.6 Å². The second kappa shape index (κ2) is 8.14. The summed E-state index contributed by atoms with van der Waals surface area (Å²) in [5, 5.41) is 3.75. The normalized spacial score (nSPS) is 22.4. The van der Waals surface area contributed by atoms with Crippen molar-refractivity contribution in [2.24, 2.45) is 5.92 Å². The number of anilines is 2. The van der Waals surface area contributed by atoms with Crippen molar-refractivity contribution in [2.45, 2.75) is 25.3 Å². The Kier molecular flexibility index (Phi) is 5.43. The van der Waals surface area contributed by atoms with Gasteiger partial charge in [-0.15, -0.1) is 0 Å². The largest absolute Gasteiger partial charge is 0.351 e. The minimum absolute atomic E-state index is 0.0322. The molecule has 1 aromatic carbocycles. The second-order valence-corrected chi connectivity index (χ2v) is 7.66. The Bertz CT molecular complexity index is 845. The number of carbonyl (C=O) groups excluding carboxylic acids is 2. The van der Waals surface area contributed by atoms with Crippen molar-refractivity contribution in [3.8, 4) is 0 Å². The Hall–Kier alpha value is -2.67. The molecule has 0 unspecified atom stereocenters. The van der Waals surface area contributed by atoms with Crippen LogP contribution in [0.25, 0.3) is 0 Å². The van der Waals surface area contributed by atoms with E-state index in [4.69, 9.17) is 11.6 Å². The van der Waals surface area contributed by atoms with Gasteiger partial charge < -0.3 is 15.1 Å². The van der Waals surface area contributed by atoms with Crippen LogP contribution in [0.3, 0.4) is 0 Å². The highest BCUT2D eigenvalue weighted by atomic mass is 35.5. The van der Waals surface area contributed by atoms with E-state index in [9.17, 15) is 9.59 Å². The number of aromatic nitrogens is 2. The summed E-state index contributed by atoms with van der Waals surface area (Å²) in [7, 11) is 0. The van der Waals surface area contributed by atoms with Crippen molar-refractivity contribution in [1.29, 1.82) is 0 Å².